The number of rotatable bonds is 3. The SMILES string of the molecule is O=C(OCc1nc2ccccc2o1)c1cc2ccccc2[nH]1. The Morgan fingerprint density at radius 3 is 2.82 bits per heavy atom. The van der Waals surface area contributed by atoms with Crippen LogP contribution in [0.4, 0.5) is 0 Å². The number of H-pyrrole nitrogens is 1. The predicted molar refractivity (Wildman–Crippen MR) is 81.4 cm³/mol. The lowest BCUT2D eigenvalue weighted by Gasteiger charge is -1.99. The van der Waals surface area contributed by atoms with E-state index in [0.717, 1.165) is 16.4 Å². The van der Waals surface area contributed by atoms with Crippen LogP contribution in [0.5, 0.6) is 0 Å². The van der Waals surface area contributed by atoms with E-state index in [0.29, 0.717) is 17.2 Å². The fourth-order valence-corrected chi connectivity index (χ4v) is 2.37. The van der Waals surface area contributed by atoms with Crippen LogP contribution >= 0.6 is 0 Å². The number of oxazole rings is 1. The average Bonchev–Trinajstić information content (AvgIpc) is 3.15. The van der Waals surface area contributed by atoms with Gasteiger partial charge in [-0.1, -0.05) is 30.3 Å². The van der Waals surface area contributed by atoms with Gasteiger partial charge >= 0.3 is 5.97 Å². The van der Waals surface area contributed by atoms with Gasteiger partial charge in [-0.05, 0) is 24.3 Å². The highest BCUT2D eigenvalue weighted by Crippen LogP contribution is 2.17. The molecule has 2 heterocycles. The highest BCUT2D eigenvalue weighted by molar-refractivity contribution is 5.94. The van der Waals surface area contributed by atoms with Gasteiger partial charge in [0.15, 0.2) is 12.2 Å². The van der Waals surface area contributed by atoms with Crippen LogP contribution in [0.2, 0.25) is 0 Å². The van der Waals surface area contributed by atoms with E-state index < -0.39 is 5.97 Å². The van der Waals surface area contributed by atoms with Crippen LogP contribution in [0.15, 0.2) is 59.0 Å². The number of carbonyl (C=O) groups excluding carboxylic acids is 1. The number of fused-ring (bicyclic) bond motifs is 2. The van der Waals surface area contributed by atoms with E-state index in [1.807, 2.05) is 48.5 Å². The minimum atomic E-state index is -0.432. The van der Waals surface area contributed by atoms with Crippen molar-refractivity contribution in [1.29, 1.82) is 0 Å². The molecule has 0 saturated heterocycles. The maximum absolute atomic E-state index is 12.1. The van der Waals surface area contributed by atoms with E-state index in [4.69, 9.17) is 9.15 Å². The Morgan fingerprint density at radius 2 is 1.95 bits per heavy atom. The van der Waals surface area contributed by atoms with Crippen molar-refractivity contribution in [2.45, 2.75) is 6.61 Å². The van der Waals surface area contributed by atoms with Crippen molar-refractivity contribution in [1.82, 2.24) is 9.97 Å². The third-order valence-corrected chi connectivity index (χ3v) is 3.41. The second-order valence-corrected chi connectivity index (χ2v) is 4.92. The van der Waals surface area contributed by atoms with Crippen molar-refractivity contribution in [3.63, 3.8) is 0 Å². The highest BCUT2D eigenvalue weighted by atomic mass is 16.5. The normalized spacial score (nSPS) is 11.1. The van der Waals surface area contributed by atoms with Crippen LogP contribution in [0.1, 0.15) is 16.4 Å². The summed E-state index contributed by atoms with van der Waals surface area (Å²) in [5, 5.41) is 0.969. The fourth-order valence-electron chi connectivity index (χ4n) is 2.37. The van der Waals surface area contributed by atoms with Crippen molar-refractivity contribution < 1.29 is 13.9 Å². The van der Waals surface area contributed by atoms with Crippen LogP contribution in [-0.2, 0) is 11.3 Å². The minimum Gasteiger partial charge on any atom is -0.451 e. The summed E-state index contributed by atoms with van der Waals surface area (Å²) in [6.45, 7) is 0.00286. The number of hydrogen-bond acceptors (Lipinski definition) is 4. The molecular formula is C17H12N2O3. The van der Waals surface area contributed by atoms with Gasteiger partial charge in [-0.25, -0.2) is 9.78 Å². The maximum Gasteiger partial charge on any atom is 0.355 e. The molecule has 0 bridgehead atoms. The lowest BCUT2D eigenvalue weighted by Crippen LogP contribution is -2.05. The number of nitrogens with one attached hydrogen (secondary N) is 1. The number of hydrogen-bond donors (Lipinski definition) is 1. The molecule has 2 aromatic heterocycles. The monoisotopic (exact) mass is 292 g/mol. The Morgan fingerprint density at radius 1 is 1.14 bits per heavy atom. The van der Waals surface area contributed by atoms with Gasteiger partial charge in [0.05, 0.1) is 0 Å². The van der Waals surface area contributed by atoms with E-state index in [9.17, 15) is 4.79 Å². The van der Waals surface area contributed by atoms with Gasteiger partial charge in [-0.2, -0.15) is 0 Å². The summed E-state index contributed by atoms with van der Waals surface area (Å²) >= 11 is 0. The van der Waals surface area contributed by atoms with Crippen molar-refractivity contribution in [3.05, 3.63) is 66.2 Å². The Kier molecular flexibility index (Phi) is 2.89. The first-order chi connectivity index (χ1) is 10.8. The number of para-hydroxylation sites is 3. The van der Waals surface area contributed by atoms with Gasteiger partial charge in [0.2, 0.25) is 5.89 Å². The zero-order valence-corrected chi connectivity index (χ0v) is 11.6. The third kappa shape index (κ3) is 2.22. The number of carbonyl (C=O) groups is 1. The molecule has 108 valence electrons. The molecule has 0 atom stereocenters. The Bertz CT molecular complexity index is 902. The largest absolute Gasteiger partial charge is 0.451 e. The lowest BCUT2D eigenvalue weighted by molar-refractivity contribution is 0.0434. The first kappa shape index (κ1) is 12.6. The Labute approximate surface area is 125 Å². The molecule has 0 radical (unpaired) electrons. The first-order valence-corrected chi connectivity index (χ1v) is 6.89. The number of aromatic nitrogens is 2. The highest BCUT2D eigenvalue weighted by Gasteiger charge is 2.13. The van der Waals surface area contributed by atoms with Crippen molar-refractivity contribution in [2.24, 2.45) is 0 Å². The quantitative estimate of drug-likeness (QED) is 0.585. The number of aromatic amines is 1. The Balaban J connectivity index is 1.51. The molecule has 0 fully saturated rings. The molecule has 0 saturated carbocycles. The molecule has 4 rings (SSSR count). The molecule has 0 aliphatic rings. The van der Waals surface area contributed by atoms with E-state index >= 15 is 0 Å². The van der Waals surface area contributed by atoms with Crippen molar-refractivity contribution >= 4 is 28.0 Å². The van der Waals surface area contributed by atoms with Crippen LogP contribution in [-0.4, -0.2) is 15.9 Å². The summed E-state index contributed by atoms with van der Waals surface area (Å²) < 4.78 is 10.8. The van der Waals surface area contributed by atoms with Crippen molar-refractivity contribution in [2.75, 3.05) is 0 Å². The Hall–Kier alpha value is -3.08. The molecule has 2 aromatic carbocycles. The number of nitrogens with zero attached hydrogens (tertiary/aromatic N) is 1. The molecule has 0 spiro atoms. The fraction of sp³-hybridized carbons (Fsp3) is 0.0588. The standard InChI is InChI=1S/C17H12N2O3/c20-17(14-9-11-5-1-2-6-12(11)18-14)21-10-16-19-13-7-3-4-8-15(13)22-16/h1-9,18H,10H2. The molecule has 5 heteroatoms. The molecule has 0 amide bonds. The van der Waals surface area contributed by atoms with Gasteiger partial charge < -0.3 is 14.1 Å². The van der Waals surface area contributed by atoms with Gasteiger partial charge in [-0.3, -0.25) is 0 Å². The molecule has 22 heavy (non-hydrogen) atoms. The van der Waals surface area contributed by atoms with E-state index in [1.165, 1.54) is 0 Å². The summed E-state index contributed by atoms with van der Waals surface area (Å²) in [5.74, 6) is -0.0517. The second-order valence-electron chi connectivity index (χ2n) is 4.92. The molecule has 0 aliphatic heterocycles. The third-order valence-electron chi connectivity index (χ3n) is 3.41. The second kappa shape index (κ2) is 5.04. The number of esters is 1. The molecule has 1 N–H and O–H groups in total. The summed E-state index contributed by atoms with van der Waals surface area (Å²) in [5.41, 5.74) is 2.74. The molecule has 5 nitrogen and oxygen atoms in total. The molecule has 4 aromatic rings. The van der Waals surface area contributed by atoms with Gasteiger partial charge in [-0.15, -0.1) is 0 Å². The molecule has 0 unspecified atom stereocenters. The average molecular weight is 292 g/mol. The van der Waals surface area contributed by atoms with Gasteiger partial charge in [0.1, 0.15) is 11.2 Å². The summed E-state index contributed by atoms with van der Waals surface area (Å²) in [6.07, 6.45) is 0. The van der Waals surface area contributed by atoms with E-state index in [2.05, 4.69) is 9.97 Å². The summed E-state index contributed by atoms with van der Waals surface area (Å²) in [4.78, 5) is 19.4. The van der Waals surface area contributed by atoms with E-state index in [1.54, 1.807) is 6.07 Å². The van der Waals surface area contributed by atoms with Crippen LogP contribution in [0, 0.1) is 0 Å². The summed E-state index contributed by atoms with van der Waals surface area (Å²) in [6, 6.07) is 16.9. The zero-order valence-electron chi connectivity index (χ0n) is 11.6. The summed E-state index contributed by atoms with van der Waals surface area (Å²) in [7, 11) is 0. The van der Waals surface area contributed by atoms with E-state index in [-0.39, 0.29) is 6.61 Å². The first-order valence-electron chi connectivity index (χ1n) is 6.89. The topological polar surface area (TPSA) is 68.1 Å². The lowest BCUT2D eigenvalue weighted by atomic mass is 10.2. The van der Waals surface area contributed by atoms with Gasteiger partial charge in [0, 0.05) is 10.9 Å². The predicted octanol–water partition coefficient (Wildman–Crippen LogP) is 3.67. The van der Waals surface area contributed by atoms with Crippen LogP contribution < -0.4 is 0 Å². The van der Waals surface area contributed by atoms with Gasteiger partial charge in [0.25, 0.3) is 0 Å². The molecule has 0 aliphatic carbocycles. The molecular weight excluding hydrogens is 280 g/mol. The number of ether oxygens (including phenoxy) is 1. The van der Waals surface area contributed by atoms with Crippen LogP contribution in [0.3, 0.4) is 0 Å². The van der Waals surface area contributed by atoms with Crippen LogP contribution in [0.25, 0.3) is 22.0 Å². The smallest absolute Gasteiger partial charge is 0.355 e. The van der Waals surface area contributed by atoms with Crippen molar-refractivity contribution in [3.8, 4) is 0 Å². The zero-order chi connectivity index (χ0) is 14.9. The minimum absolute atomic E-state index is 0.00286. The number of benzene rings is 2. The maximum atomic E-state index is 12.1.